The van der Waals surface area contributed by atoms with E-state index in [1.54, 1.807) is 18.7 Å². The summed E-state index contributed by atoms with van der Waals surface area (Å²) in [5.74, 6) is 1.09. The van der Waals surface area contributed by atoms with E-state index in [1.165, 1.54) is 0 Å². The zero-order chi connectivity index (χ0) is 22.7. The smallest absolute Gasteiger partial charge is 0.328 e. The average molecular weight is 439 g/mol. The van der Waals surface area contributed by atoms with Gasteiger partial charge in [-0.2, -0.15) is 0 Å². The van der Waals surface area contributed by atoms with Crippen LogP contribution in [0.4, 0.5) is 0 Å². The van der Waals surface area contributed by atoms with Gasteiger partial charge in [-0.1, -0.05) is 12.1 Å². The van der Waals surface area contributed by atoms with Gasteiger partial charge in [0.1, 0.15) is 18.1 Å². The van der Waals surface area contributed by atoms with Gasteiger partial charge < -0.3 is 14.6 Å². The first-order chi connectivity index (χ1) is 15.5. The molecular weight excluding hydrogens is 408 g/mol. The summed E-state index contributed by atoms with van der Waals surface area (Å²) in [5.41, 5.74) is 2.74. The zero-order valence-corrected chi connectivity index (χ0v) is 18.6. The molecule has 0 spiro atoms. The van der Waals surface area contributed by atoms with Gasteiger partial charge in [-0.15, -0.1) is 0 Å². The van der Waals surface area contributed by atoms with Gasteiger partial charge in [0.25, 0.3) is 0 Å². The van der Waals surface area contributed by atoms with Crippen molar-refractivity contribution in [2.24, 2.45) is 18.9 Å². The van der Waals surface area contributed by atoms with Crippen molar-refractivity contribution in [2.75, 3.05) is 7.11 Å². The van der Waals surface area contributed by atoms with Gasteiger partial charge in [0.05, 0.1) is 24.1 Å². The Balaban J connectivity index is 1.45. The van der Waals surface area contributed by atoms with Crippen molar-refractivity contribution in [1.29, 1.82) is 0 Å². The van der Waals surface area contributed by atoms with Gasteiger partial charge in [-0.25, -0.2) is 4.79 Å². The number of aryl methyl sites for hydroxylation is 2. The highest BCUT2D eigenvalue weighted by Crippen LogP contribution is 2.31. The number of benzene rings is 2. The van der Waals surface area contributed by atoms with Gasteiger partial charge in [-0.05, 0) is 67.9 Å². The Morgan fingerprint density at radius 3 is 2.38 bits per heavy atom. The number of aliphatic carboxylic acids is 1. The molecule has 3 aromatic rings. The SMILES string of the molecule is COc1ccc(COc2ccc3c(c2)n(CCC2CCC(C(=O)O)CC2)c(=O)n3C)cc1. The lowest BCUT2D eigenvalue weighted by atomic mass is 9.80. The monoisotopic (exact) mass is 438 g/mol. The second-order valence-electron chi connectivity index (χ2n) is 8.63. The van der Waals surface area contributed by atoms with Gasteiger partial charge >= 0.3 is 11.7 Å². The summed E-state index contributed by atoms with van der Waals surface area (Å²) in [6, 6.07) is 13.5. The molecule has 1 aliphatic carbocycles. The van der Waals surface area contributed by atoms with Crippen LogP contribution >= 0.6 is 0 Å². The molecule has 0 amide bonds. The highest BCUT2D eigenvalue weighted by atomic mass is 16.5. The molecule has 32 heavy (non-hydrogen) atoms. The third kappa shape index (κ3) is 4.66. The van der Waals surface area contributed by atoms with E-state index < -0.39 is 5.97 Å². The summed E-state index contributed by atoms with van der Waals surface area (Å²) >= 11 is 0. The first-order valence-corrected chi connectivity index (χ1v) is 11.1. The topological polar surface area (TPSA) is 82.7 Å². The predicted octanol–water partition coefficient (Wildman–Crippen LogP) is 4.21. The summed E-state index contributed by atoms with van der Waals surface area (Å²) in [6.45, 7) is 1.06. The average Bonchev–Trinajstić information content (AvgIpc) is 3.06. The number of imidazole rings is 1. The maximum Gasteiger partial charge on any atom is 0.328 e. The number of hydrogen-bond acceptors (Lipinski definition) is 4. The van der Waals surface area contributed by atoms with Crippen molar-refractivity contribution in [3.63, 3.8) is 0 Å². The molecule has 7 nitrogen and oxygen atoms in total. The van der Waals surface area contributed by atoms with Crippen molar-refractivity contribution in [3.8, 4) is 11.5 Å². The molecule has 0 unspecified atom stereocenters. The molecule has 0 atom stereocenters. The highest BCUT2D eigenvalue weighted by Gasteiger charge is 2.26. The lowest BCUT2D eigenvalue weighted by Crippen LogP contribution is -2.25. The van der Waals surface area contributed by atoms with E-state index in [0.717, 1.165) is 60.2 Å². The second-order valence-corrected chi connectivity index (χ2v) is 8.63. The summed E-state index contributed by atoms with van der Waals surface area (Å²) < 4.78 is 14.7. The van der Waals surface area contributed by atoms with Crippen LogP contribution in [0.25, 0.3) is 11.0 Å². The molecule has 1 heterocycles. The first kappa shape index (κ1) is 22.0. The van der Waals surface area contributed by atoms with Crippen LogP contribution in [0.5, 0.6) is 11.5 Å². The van der Waals surface area contributed by atoms with Gasteiger partial charge in [-0.3, -0.25) is 13.9 Å². The minimum atomic E-state index is -0.684. The molecule has 7 heteroatoms. The number of rotatable bonds is 8. The van der Waals surface area contributed by atoms with Gasteiger partial charge in [0, 0.05) is 19.7 Å². The molecule has 0 radical (unpaired) electrons. The third-order valence-electron chi connectivity index (χ3n) is 6.64. The highest BCUT2D eigenvalue weighted by molar-refractivity contribution is 5.77. The van der Waals surface area contributed by atoms with Crippen molar-refractivity contribution in [2.45, 2.75) is 45.3 Å². The number of nitrogens with zero attached hydrogens (tertiary/aromatic N) is 2. The second kappa shape index (κ2) is 9.51. The molecule has 1 aromatic heterocycles. The van der Waals surface area contributed by atoms with Gasteiger partial charge in [0.2, 0.25) is 0 Å². The minimum Gasteiger partial charge on any atom is -0.497 e. The minimum absolute atomic E-state index is 0.0356. The fraction of sp³-hybridized carbons (Fsp3) is 0.440. The Kier molecular flexibility index (Phi) is 6.53. The summed E-state index contributed by atoms with van der Waals surface area (Å²) in [4.78, 5) is 24.0. The Bertz CT molecular complexity index is 1140. The van der Waals surface area contributed by atoms with Crippen molar-refractivity contribution in [1.82, 2.24) is 9.13 Å². The standard InChI is InChI=1S/C25H30N2O5/c1-26-22-12-11-21(32-16-18-5-9-20(31-2)10-6-18)15-23(22)27(25(26)30)14-13-17-3-7-19(8-4-17)24(28)29/h5-6,9-12,15,17,19H,3-4,7-8,13-14,16H2,1-2H3,(H,28,29). The maximum absolute atomic E-state index is 12.8. The number of carbonyl (C=O) groups is 1. The van der Waals surface area contributed by atoms with E-state index in [-0.39, 0.29) is 11.6 Å². The summed E-state index contributed by atoms with van der Waals surface area (Å²) in [5, 5.41) is 9.19. The van der Waals surface area contributed by atoms with E-state index in [4.69, 9.17) is 9.47 Å². The lowest BCUT2D eigenvalue weighted by molar-refractivity contribution is -0.143. The van der Waals surface area contributed by atoms with Crippen molar-refractivity contribution >= 4 is 17.0 Å². The molecule has 0 bridgehead atoms. The molecule has 4 rings (SSSR count). The van der Waals surface area contributed by atoms with Gasteiger partial charge in [0.15, 0.2) is 0 Å². The number of methoxy groups -OCH3 is 1. The molecule has 1 aliphatic rings. The largest absolute Gasteiger partial charge is 0.497 e. The predicted molar refractivity (Wildman–Crippen MR) is 122 cm³/mol. The molecule has 0 saturated heterocycles. The number of carboxylic acid groups (broad SMARTS) is 1. The molecule has 2 aromatic carbocycles. The van der Waals surface area contributed by atoms with E-state index in [1.807, 2.05) is 47.0 Å². The molecule has 0 aliphatic heterocycles. The van der Waals surface area contributed by atoms with Crippen LogP contribution < -0.4 is 15.2 Å². The Labute approximate surface area is 187 Å². The first-order valence-electron chi connectivity index (χ1n) is 11.1. The maximum atomic E-state index is 12.8. The van der Waals surface area contributed by atoms with Crippen LogP contribution in [-0.2, 0) is 25.0 Å². The van der Waals surface area contributed by atoms with E-state index in [2.05, 4.69) is 0 Å². The number of fused-ring (bicyclic) bond motifs is 1. The number of aromatic nitrogens is 2. The van der Waals surface area contributed by atoms with Crippen LogP contribution in [0.2, 0.25) is 0 Å². The molecule has 1 N–H and O–H groups in total. The Morgan fingerprint density at radius 2 is 1.72 bits per heavy atom. The van der Waals surface area contributed by atoms with Crippen LogP contribution in [0.15, 0.2) is 47.3 Å². The van der Waals surface area contributed by atoms with Crippen LogP contribution in [0.3, 0.4) is 0 Å². The van der Waals surface area contributed by atoms with Crippen LogP contribution in [0, 0.1) is 11.8 Å². The zero-order valence-electron chi connectivity index (χ0n) is 18.6. The van der Waals surface area contributed by atoms with Crippen molar-refractivity contribution < 1.29 is 19.4 Å². The fourth-order valence-corrected chi connectivity index (χ4v) is 4.59. The number of carboxylic acids is 1. The Morgan fingerprint density at radius 1 is 1.03 bits per heavy atom. The van der Waals surface area contributed by atoms with Crippen LogP contribution in [0.1, 0.15) is 37.7 Å². The summed E-state index contributed by atoms with van der Waals surface area (Å²) in [7, 11) is 3.43. The lowest BCUT2D eigenvalue weighted by Gasteiger charge is -2.26. The van der Waals surface area contributed by atoms with E-state index in [9.17, 15) is 14.7 Å². The van der Waals surface area contributed by atoms with E-state index >= 15 is 0 Å². The molecule has 170 valence electrons. The molecular formula is C25H30N2O5. The van der Waals surface area contributed by atoms with E-state index in [0.29, 0.717) is 19.1 Å². The Hall–Kier alpha value is -3.22. The quantitative estimate of drug-likeness (QED) is 0.570. The molecule has 1 saturated carbocycles. The number of ether oxygens (including phenoxy) is 2. The van der Waals surface area contributed by atoms with Crippen LogP contribution in [-0.4, -0.2) is 27.3 Å². The normalized spacial score (nSPS) is 18.6. The van der Waals surface area contributed by atoms with Crippen molar-refractivity contribution in [3.05, 3.63) is 58.5 Å². The summed E-state index contributed by atoms with van der Waals surface area (Å²) in [6.07, 6.45) is 4.16. The number of hydrogen-bond donors (Lipinski definition) is 1. The molecule has 1 fully saturated rings. The fourth-order valence-electron chi connectivity index (χ4n) is 4.59. The third-order valence-corrected chi connectivity index (χ3v) is 6.64.